The van der Waals surface area contributed by atoms with Crippen LogP contribution < -0.4 is 5.73 Å². The summed E-state index contributed by atoms with van der Waals surface area (Å²) in [7, 11) is 0. The number of benzene rings is 1. The van der Waals surface area contributed by atoms with Gasteiger partial charge in [0.15, 0.2) is 0 Å². The first-order chi connectivity index (χ1) is 7.77. The molecule has 0 aliphatic rings. The van der Waals surface area contributed by atoms with Gasteiger partial charge in [-0.2, -0.15) is 0 Å². The molecule has 3 N–H and O–H groups in total. The third-order valence-corrected chi connectivity index (χ3v) is 3.40. The first-order valence-corrected chi connectivity index (χ1v) is 6.25. The predicted molar refractivity (Wildman–Crippen MR) is 73.4 cm³/mol. The van der Waals surface area contributed by atoms with Crippen molar-refractivity contribution >= 4 is 0 Å². The van der Waals surface area contributed by atoms with E-state index in [0.29, 0.717) is 6.42 Å². The Bertz CT molecular complexity index is 367. The summed E-state index contributed by atoms with van der Waals surface area (Å²) in [6, 6.07) is 4.39. The van der Waals surface area contributed by atoms with Gasteiger partial charge in [-0.15, -0.1) is 0 Å². The van der Waals surface area contributed by atoms with Crippen molar-refractivity contribution in [2.24, 2.45) is 5.73 Å². The van der Waals surface area contributed by atoms with Crippen LogP contribution in [0.1, 0.15) is 48.4 Å². The lowest BCUT2D eigenvalue weighted by atomic mass is 9.77. The Balaban J connectivity index is 3.28. The van der Waals surface area contributed by atoms with E-state index in [4.69, 9.17) is 5.73 Å². The largest absolute Gasteiger partial charge is 0.396 e. The molecule has 0 aliphatic heterocycles. The predicted octanol–water partition coefficient (Wildman–Crippen LogP) is 2.82. The SMILES string of the molecule is Cc1cc(C)c(C(CCO)C(C)(C)N)c(C)c1. The number of aliphatic hydroxyl groups is 1. The molecule has 0 bridgehead atoms. The van der Waals surface area contributed by atoms with Crippen molar-refractivity contribution in [2.45, 2.75) is 52.5 Å². The molecular formula is C15H25NO. The van der Waals surface area contributed by atoms with Crippen LogP contribution in [-0.4, -0.2) is 17.3 Å². The smallest absolute Gasteiger partial charge is 0.0437 e. The summed E-state index contributed by atoms with van der Waals surface area (Å²) in [6.45, 7) is 10.6. The van der Waals surface area contributed by atoms with Crippen molar-refractivity contribution in [2.75, 3.05) is 6.61 Å². The van der Waals surface area contributed by atoms with Gasteiger partial charge >= 0.3 is 0 Å². The summed E-state index contributed by atoms with van der Waals surface area (Å²) in [5.41, 5.74) is 11.1. The monoisotopic (exact) mass is 235 g/mol. The Kier molecular flexibility index (Phi) is 4.34. The Hall–Kier alpha value is -0.860. The van der Waals surface area contributed by atoms with E-state index in [1.165, 1.54) is 22.3 Å². The van der Waals surface area contributed by atoms with Crippen LogP contribution in [0.15, 0.2) is 12.1 Å². The van der Waals surface area contributed by atoms with Crippen LogP contribution in [0, 0.1) is 20.8 Å². The van der Waals surface area contributed by atoms with E-state index in [1.807, 2.05) is 13.8 Å². The van der Waals surface area contributed by atoms with Gasteiger partial charge in [0.1, 0.15) is 0 Å². The van der Waals surface area contributed by atoms with E-state index < -0.39 is 0 Å². The summed E-state index contributed by atoms with van der Waals surface area (Å²) in [4.78, 5) is 0. The standard InChI is InChI=1S/C15H25NO/c1-10-8-11(2)14(12(3)9-10)13(6-7-17)15(4,5)16/h8-9,13,17H,6-7,16H2,1-5H3. The number of hydrogen-bond donors (Lipinski definition) is 2. The second kappa shape index (κ2) is 5.19. The maximum Gasteiger partial charge on any atom is 0.0437 e. The van der Waals surface area contributed by atoms with Crippen LogP contribution >= 0.6 is 0 Å². The average molecular weight is 235 g/mol. The van der Waals surface area contributed by atoms with Crippen molar-refractivity contribution in [3.63, 3.8) is 0 Å². The molecule has 1 aromatic rings. The number of nitrogens with two attached hydrogens (primary N) is 1. The molecule has 1 rings (SSSR count). The van der Waals surface area contributed by atoms with Crippen molar-refractivity contribution in [3.8, 4) is 0 Å². The molecule has 2 heteroatoms. The second-order valence-electron chi connectivity index (χ2n) is 5.70. The summed E-state index contributed by atoms with van der Waals surface area (Å²) >= 11 is 0. The van der Waals surface area contributed by atoms with Gasteiger partial charge < -0.3 is 10.8 Å². The molecule has 0 saturated carbocycles. The molecule has 2 nitrogen and oxygen atoms in total. The van der Waals surface area contributed by atoms with E-state index in [1.54, 1.807) is 0 Å². The molecule has 0 amide bonds. The highest BCUT2D eigenvalue weighted by atomic mass is 16.3. The van der Waals surface area contributed by atoms with Crippen LogP contribution in [-0.2, 0) is 0 Å². The van der Waals surface area contributed by atoms with Crippen molar-refractivity contribution in [1.82, 2.24) is 0 Å². The zero-order valence-corrected chi connectivity index (χ0v) is 11.7. The van der Waals surface area contributed by atoms with Gasteiger partial charge in [0, 0.05) is 18.1 Å². The maximum absolute atomic E-state index is 9.24. The lowest BCUT2D eigenvalue weighted by Gasteiger charge is -2.33. The van der Waals surface area contributed by atoms with E-state index in [0.717, 1.165) is 0 Å². The molecule has 1 aromatic carbocycles. The van der Waals surface area contributed by atoms with Crippen molar-refractivity contribution in [1.29, 1.82) is 0 Å². The molecule has 0 aromatic heterocycles. The van der Waals surface area contributed by atoms with Crippen LogP contribution in [0.4, 0.5) is 0 Å². The number of hydrogen-bond acceptors (Lipinski definition) is 2. The zero-order valence-electron chi connectivity index (χ0n) is 11.7. The Morgan fingerprint density at radius 3 is 2.00 bits per heavy atom. The van der Waals surface area contributed by atoms with Gasteiger partial charge in [-0.1, -0.05) is 17.7 Å². The third kappa shape index (κ3) is 3.30. The van der Waals surface area contributed by atoms with E-state index >= 15 is 0 Å². The minimum absolute atomic E-state index is 0.179. The topological polar surface area (TPSA) is 46.2 Å². The minimum Gasteiger partial charge on any atom is -0.396 e. The van der Waals surface area contributed by atoms with Gasteiger partial charge in [0.25, 0.3) is 0 Å². The van der Waals surface area contributed by atoms with Gasteiger partial charge in [0.2, 0.25) is 0 Å². The van der Waals surface area contributed by atoms with Crippen LogP contribution in [0.5, 0.6) is 0 Å². The minimum atomic E-state index is -0.312. The van der Waals surface area contributed by atoms with Crippen LogP contribution in [0.3, 0.4) is 0 Å². The highest BCUT2D eigenvalue weighted by molar-refractivity contribution is 5.41. The summed E-state index contributed by atoms with van der Waals surface area (Å²) < 4.78 is 0. The van der Waals surface area contributed by atoms with E-state index in [-0.39, 0.29) is 18.1 Å². The van der Waals surface area contributed by atoms with E-state index in [9.17, 15) is 5.11 Å². The lowest BCUT2D eigenvalue weighted by Crippen LogP contribution is -2.40. The fraction of sp³-hybridized carbons (Fsp3) is 0.600. The Labute approximate surface area is 105 Å². The molecule has 0 spiro atoms. The Morgan fingerprint density at radius 2 is 1.65 bits per heavy atom. The highest BCUT2D eigenvalue weighted by Gasteiger charge is 2.28. The van der Waals surface area contributed by atoms with Crippen molar-refractivity contribution < 1.29 is 5.11 Å². The molecule has 0 aliphatic carbocycles. The number of rotatable bonds is 4. The van der Waals surface area contributed by atoms with Crippen LogP contribution in [0.25, 0.3) is 0 Å². The number of aliphatic hydroxyl groups excluding tert-OH is 1. The zero-order chi connectivity index (χ0) is 13.2. The Morgan fingerprint density at radius 1 is 1.18 bits per heavy atom. The summed E-state index contributed by atoms with van der Waals surface area (Å²) in [5.74, 6) is 0.202. The molecule has 17 heavy (non-hydrogen) atoms. The molecule has 1 atom stereocenters. The molecule has 1 unspecified atom stereocenters. The van der Waals surface area contributed by atoms with Crippen molar-refractivity contribution in [3.05, 3.63) is 34.4 Å². The van der Waals surface area contributed by atoms with E-state index in [2.05, 4.69) is 32.9 Å². The first kappa shape index (κ1) is 14.2. The van der Waals surface area contributed by atoms with Gasteiger partial charge in [-0.25, -0.2) is 0 Å². The highest BCUT2D eigenvalue weighted by Crippen LogP contribution is 2.34. The summed E-state index contributed by atoms with van der Waals surface area (Å²) in [6.07, 6.45) is 0.717. The molecule has 0 fully saturated rings. The molecule has 0 radical (unpaired) electrons. The average Bonchev–Trinajstić information content (AvgIpc) is 2.13. The van der Waals surface area contributed by atoms with Gasteiger partial charge in [0.05, 0.1) is 0 Å². The summed E-state index contributed by atoms with van der Waals surface area (Å²) in [5, 5.41) is 9.24. The second-order valence-corrected chi connectivity index (χ2v) is 5.70. The van der Waals surface area contributed by atoms with Gasteiger partial charge in [-0.3, -0.25) is 0 Å². The first-order valence-electron chi connectivity index (χ1n) is 6.25. The number of aryl methyl sites for hydroxylation is 3. The fourth-order valence-electron chi connectivity index (χ4n) is 2.76. The van der Waals surface area contributed by atoms with Gasteiger partial charge in [-0.05, 0) is 57.7 Å². The lowest BCUT2D eigenvalue weighted by molar-refractivity contribution is 0.250. The van der Waals surface area contributed by atoms with Crippen LogP contribution in [0.2, 0.25) is 0 Å². The maximum atomic E-state index is 9.24. The molecular weight excluding hydrogens is 210 g/mol. The molecule has 96 valence electrons. The third-order valence-electron chi connectivity index (χ3n) is 3.40. The molecule has 0 heterocycles. The quantitative estimate of drug-likeness (QED) is 0.843. The molecule has 0 saturated heterocycles. The normalized spacial score (nSPS) is 13.8. The fourth-order valence-corrected chi connectivity index (χ4v) is 2.76.